The Morgan fingerprint density at radius 1 is 1.00 bits per heavy atom. The van der Waals surface area contributed by atoms with Gasteiger partial charge in [-0.1, -0.05) is 12.1 Å². The Kier molecular flexibility index (Phi) is 4.95. The minimum atomic E-state index is -0.155. The van der Waals surface area contributed by atoms with E-state index in [-0.39, 0.29) is 24.5 Å². The number of fused-ring (bicyclic) bond motifs is 1. The van der Waals surface area contributed by atoms with E-state index in [2.05, 4.69) is 10.3 Å². The van der Waals surface area contributed by atoms with Gasteiger partial charge in [0.15, 0.2) is 5.78 Å². The Hall–Kier alpha value is -2.53. The fourth-order valence-corrected chi connectivity index (χ4v) is 3.49. The number of Topliss-reactive ketones (excluding diaryl/α,β-unsaturated/α-hetero) is 1. The molecule has 0 aliphatic heterocycles. The fraction of sp³-hybridized carbons (Fsp3) is 0.250. The lowest BCUT2D eigenvalue weighted by Gasteiger charge is -2.06. The zero-order valence-electron chi connectivity index (χ0n) is 14.6. The van der Waals surface area contributed by atoms with E-state index in [0.717, 1.165) is 32.0 Å². The van der Waals surface area contributed by atoms with Gasteiger partial charge in [0.05, 0.1) is 15.2 Å². The maximum absolute atomic E-state index is 12.3. The molecule has 0 bridgehead atoms. The summed E-state index contributed by atoms with van der Waals surface area (Å²) in [4.78, 5) is 28.8. The highest BCUT2D eigenvalue weighted by Gasteiger charge is 2.11. The van der Waals surface area contributed by atoms with E-state index in [1.165, 1.54) is 0 Å². The van der Waals surface area contributed by atoms with Crippen molar-refractivity contribution in [2.75, 3.05) is 5.32 Å². The van der Waals surface area contributed by atoms with Crippen LogP contribution in [0.5, 0.6) is 0 Å². The molecule has 0 fully saturated rings. The van der Waals surface area contributed by atoms with Crippen molar-refractivity contribution < 1.29 is 9.59 Å². The molecule has 1 aromatic heterocycles. The van der Waals surface area contributed by atoms with Crippen LogP contribution in [0.15, 0.2) is 36.4 Å². The second kappa shape index (κ2) is 7.15. The Morgan fingerprint density at radius 2 is 1.80 bits per heavy atom. The van der Waals surface area contributed by atoms with Crippen molar-refractivity contribution in [2.24, 2.45) is 0 Å². The Labute approximate surface area is 150 Å². The van der Waals surface area contributed by atoms with Gasteiger partial charge in [-0.2, -0.15) is 0 Å². The van der Waals surface area contributed by atoms with Crippen molar-refractivity contribution in [1.29, 1.82) is 0 Å². The summed E-state index contributed by atoms with van der Waals surface area (Å²) >= 11 is 1.59. The largest absolute Gasteiger partial charge is 0.326 e. The van der Waals surface area contributed by atoms with Crippen LogP contribution in [0.3, 0.4) is 0 Å². The van der Waals surface area contributed by atoms with Crippen molar-refractivity contribution in [3.8, 4) is 0 Å². The van der Waals surface area contributed by atoms with Gasteiger partial charge in [0.2, 0.25) is 5.91 Å². The van der Waals surface area contributed by atoms with E-state index in [1.807, 2.05) is 57.2 Å². The number of amides is 1. The molecule has 3 rings (SSSR count). The number of rotatable bonds is 5. The second-order valence-electron chi connectivity index (χ2n) is 6.19. The van der Waals surface area contributed by atoms with Gasteiger partial charge in [0, 0.05) is 24.1 Å². The summed E-state index contributed by atoms with van der Waals surface area (Å²) in [6.07, 6.45) is 0.377. The maximum atomic E-state index is 12.3. The first-order chi connectivity index (χ1) is 11.9. The van der Waals surface area contributed by atoms with Gasteiger partial charge in [0.1, 0.15) is 0 Å². The average Bonchev–Trinajstić information content (AvgIpc) is 2.94. The van der Waals surface area contributed by atoms with Crippen LogP contribution in [0.1, 0.15) is 39.3 Å². The number of nitrogens with one attached hydrogen (secondary N) is 1. The zero-order valence-corrected chi connectivity index (χ0v) is 15.4. The summed E-state index contributed by atoms with van der Waals surface area (Å²) < 4.78 is 1.04. The van der Waals surface area contributed by atoms with Gasteiger partial charge in [-0.15, -0.1) is 11.3 Å². The number of aryl methyl sites for hydroxylation is 3. The molecule has 5 heteroatoms. The number of carbonyl (C=O) groups excluding carboxylic acids is 2. The molecule has 4 nitrogen and oxygen atoms in total. The second-order valence-corrected chi connectivity index (χ2v) is 7.42. The molecule has 3 aromatic rings. The molecule has 1 heterocycles. The number of hydrogen-bond acceptors (Lipinski definition) is 4. The molecule has 0 aliphatic rings. The van der Waals surface area contributed by atoms with Crippen molar-refractivity contribution in [3.05, 3.63) is 58.1 Å². The zero-order chi connectivity index (χ0) is 18.0. The Balaban J connectivity index is 1.59. The third-order valence-corrected chi connectivity index (χ3v) is 5.12. The molecule has 0 saturated heterocycles. The molecular weight excluding hydrogens is 332 g/mol. The van der Waals surface area contributed by atoms with E-state index in [4.69, 9.17) is 0 Å². The van der Waals surface area contributed by atoms with E-state index in [1.54, 1.807) is 11.3 Å². The highest BCUT2D eigenvalue weighted by Crippen LogP contribution is 2.25. The van der Waals surface area contributed by atoms with Gasteiger partial charge < -0.3 is 5.32 Å². The van der Waals surface area contributed by atoms with E-state index in [0.29, 0.717) is 5.56 Å². The summed E-state index contributed by atoms with van der Waals surface area (Å²) in [7, 11) is 0. The molecule has 25 heavy (non-hydrogen) atoms. The van der Waals surface area contributed by atoms with Gasteiger partial charge in [-0.3, -0.25) is 9.59 Å². The smallest absolute Gasteiger partial charge is 0.224 e. The molecule has 0 atom stereocenters. The Morgan fingerprint density at radius 3 is 2.56 bits per heavy atom. The van der Waals surface area contributed by atoms with Gasteiger partial charge in [-0.05, 0) is 56.2 Å². The van der Waals surface area contributed by atoms with Gasteiger partial charge >= 0.3 is 0 Å². The summed E-state index contributed by atoms with van der Waals surface area (Å²) in [6, 6.07) is 11.3. The van der Waals surface area contributed by atoms with Crippen LogP contribution in [0, 0.1) is 20.8 Å². The van der Waals surface area contributed by atoms with Crippen molar-refractivity contribution in [1.82, 2.24) is 4.98 Å². The number of hydrogen-bond donors (Lipinski definition) is 1. The number of aromatic nitrogens is 1. The molecular formula is C20H20N2O2S. The van der Waals surface area contributed by atoms with Gasteiger partial charge in [0.25, 0.3) is 0 Å². The molecule has 0 spiro atoms. The number of carbonyl (C=O) groups is 2. The first-order valence-corrected chi connectivity index (χ1v) is 9.01. The van der Waals surface area contributed by atoms with E-state index >= 15 is 0 Å². The normalized spacial score (nSPS) is 10.8. The molecule has 2 aromatic carbocycles. The Bertz CT molecular complexity index is 959. The number of thiazole rings is 1. The highest BCUT2D eigenvalue weighted by atomic mass is 32.1. The summed E-state index contributed by atoms with van der Waals surface area (Å²) in [5, 5.41) is 3.86. The third-order valence-electron chi connectivity index (χ3n) is 4.19. The van der Waals surface area contributed by atoms with Crippen LogP contribution in [-0.4, -0.2) is 16.7 Å². The molecule has 128 valence electrons. The van der Waals surface area contributed by atoms with Crippen LogP contribution >= 0.6 is 11.3 Å². The van der Waals surface area contributed by atoms with Crippen molar-refractivity contribution in [2.45, 2.75) is 33.6 Å². The van der Waals surface area contributed by atoms with Crippen molar-refractivity contribution in [3.63, 3.8) is 0 Å². The standard InChI is InChI=1S/C20H20N2O2S/c1-12-4-5-15(10-13(12)2)18(23)8-9-20(24)22-16-6-7-17-19(11-16)25-14(3)21-17/h4-7,10-11H,8-9H2,1-3H3,(H,22,24). The first-order valence-electron chi connectivity index (χ1n) is 8.20. The average molecular weight is 352 g/mol. The first kappa shape index (κ1) is 17.3. The maximum Gasteiger partial charge on any atom is 0.224 e. The predicted molar refractivity (Wildman–Crippen MR) is 102 cm³/mol. The number of ketones is 1. The number of nitrogens with zero attached hydrogens (tertiary/aromatic N) is 1. The summed E-state index contributed by atoms with van der Waals surface area (Å²) in [5.74, 6) is -0.162. The number of anilines is 1. The monoisotopic (exact) mass is 352 g/mol. The van der Waals surface area contributed by atoms with Crippen molar-refractivity contribution >= 4 is 38.9 Å². The van der Waals surface area contributed by atoms with Crippen LogP contribution < -0.4 is 5.32 Å². The molecule has 0 aliphatic carbocycles. The lowest BCUT2D eigenvalue weighted by atomic mass is 10.0. The summed E-state index contributed by atoms with van der Waals surface area (Å²) in [6.45, 7) is 5.95. The topological polar surface area (TPSA) is 59.1 Å². The van der Waals surface area contributed by atoms with Crippen LogP contribution in [0.2, 0.25) is 0 Å². The highest BCUT2D eigenvalue weighted by molar-refractivity contribution is 7.18. The van der Waals surface area contributed by atoms with E-state index in [9.17, 15) is 9.59 Å². The van der Waals surface area contributed by atoms with Crippen LogP contribution in [0.4, 0.5) is 5.69 Å². The molecule has 0 saturated carbocycles. The van der Waals surface area contributed by atoms with Crippen LogP contribution in [0.25, 0.3) is 10.2 Å². The fourth-order valence-electron chi connectivity index (χ4n) is 2.63. The van der Waals surface area contributed by atoms with Crippen LogP contribution in [-0.2, 0) is 4.79 Å². The molecule has 1 N–H and O–H groups in total. The number of benzene rings is 2. The lowest BCUT2D eigenvalue weighted by molar-refractivity contribution is -0.116. The minimum Gasteiger partial charge on any atom is -0.326 e. The summed E-state index contributed by atoms with van der Waals surface area (Å²) in [5.41, 5.74) is 4.58. The molecule has 0 unspecified atom stereocenters. The molecule has 1 amide bonds. The SMILES string of the molecule is Cc1nc2ccc(NC(=O)CCC(=O)c3ccc(C)c(C)c3)cc2s1. The van der Waals surface area contributed by atoms with Gasteiger partial charge in [-0.25, -0.2) is 4.98 Å². The minimum absolute atomic E-state index is 0.00761. The third kappa shape index (κ3) is 4.12. The molecule has 0 radical (unpaired) electrons. The predicted octanol–water partition coefficient (Wildman–Crippen LogP) is 4.82. The quantitative estimate of drug-likeness (QED) is 0.670. The lowest BCUT2D eigenvalue weighted by Crippen LogP contribution is -2.13. The van der Waals surface area contributed by atoms with E-state index < -0.39 is 0 Å².